The van der Waals surface area contributed by atoms with E-state index in [0.717, 1.165) is 28.7 Å². The molecule has 1 aromatic heterocycles. The number of hydrogen-bond acceptors (Lipinski definition) is 2. The highest BCUT2D eigenvalue weighted by molar-refractivity contribution is 5.52. The van der Waals surface area contributed by atoms with Gasteiger partial charge < -0.3 is 9.67 Å². The fourth-order valence-electron chi connectivity index (χ4n) is 5.83. The number of benzene rings is 4. The molecule has 0 saturated carbocycles. The van der Waals surface area contributed by atoms with Crippen LogP contribution >= 0.6 is 0 Å². The molecule has 5 aromatic rings. The van der Waals surface area contributed by atoms with Gasteiger partial charge >= 0.3 is 0 Å². The standard InChI is InChI=1S/C32H28N2O/c1-24-12-11-19-29-28(24)20-21-31(29,35)30-22-34(23-33-30)32(25-13-5-2-6-14-25,26-15-7-3-8-16-26)27-17-9-4-10-18-27/h2-19,22-23,35H,20-21H2,1H3. The highest BCUT2D eigenvalue weighted by Crippen LogP contribution is 2.45. The lowest BCUT2D eigenvalue weighted by Gasteiger charge is -2.37. The Bertz CT molecular complexity index is 1360. The Balaban J connectivity index is 1.61. The summed E-state index contributed by atoms with van der Waals surface area (Å²) in [5, 5.41) is 12.0. The summed E-state index contributed by atoms with van der Waals surface area (Å²) >= 11 is 0. The molecule has 1 N–H and O–H groups in total. The Morgan fingerprint density at radius 3 is 1.83 bits per heavy atom. The lowest BCUT2D eigenvalue weighted by Crippen LogP contribution is -2.37. The minimum Gasteiger partial charge on any atom is -0.379 e. The molecular formula is C32H28N2O. The number of aryl methyl sites for hydroxylation is 1. The number of hydrogen-bond donors (Lipinski definition) is 1. The second-order valence-electron chi connectivity index (χ2n) is 9.44. The topological polar surface area (TPSA) is 38.0 Å². The van der Waals surface area contributed by atoms with Crippen molar-refractivity contribution < 1.29 is 5.11 Å². The van der Waals surface area contributed by atoms with Crippen molar-refractivity contribution in [1.29, 1.82) is 0 Å². The largest absolute Gasteiger partial charge is 0.379 e. The molecule has 4 aromatic carbocycles. The zero-order valence-corrected chi connectivity index (χ0v) is 19.8. The molecule has 0 fully saturated rings. The van der Waals surface area contributed by atoms with Crippen molar-refractivity contribution in [1.82, 2.24) is 9.55 Å². The fraction of sp³-hybridized carbons (Fsp3) is 0.156. The first kappa shape index (κ1) is 21.6. The van der Waals surface area contributed by atoms with Crippen LogP contribution in [0.4, 0.5) is 0 Å². The maximum atomic E-state index is 12.0. The average molecular weight is 457 g/mol. The van der Waals surface area contributed by atoms with E-state index in [1.165, 1.54) is 11.1 Å². The predicted molar refractivity (Wildman–Crippen MR) is 139 cm³/mol. The SMILES string of the molecule is Cc1cccc2c1CCC2(O)c1cn(C(c2ccccc2)(c2ccccc2)c2ccccc2)cn1. The molecule has 0 amide bonds. The number of fused-ring (bicyclic) bond motifs is 1. The van der Waals surface area contributed by atoms with E-state index in [9.17, 15) is 5.11 Å². The summed E-state index contributed by atoms with van der Waals surface area (Å²) in [6, 6.07) is 37.8. The van der Waals surface area contributed by atoms with Gasteiger partial charge in [0.2, 0.25) is 0 Å². The molecule has 1 aliphatic carbocycles. The van der Waals surface area contributed by atoms with Crippen LogP contribution in [0, 0.1) is 6.92 Å². The molecule has 0 bridgehead atoms. The van der Waals surface area contributed by atoms with Crippen LogP contribution in [0.25, 0.3) is 0 Å². The van der Waals surface area contributed by atoms with Gasteiger partial charge in [0, 0.05) is 6.20 Å². The van der Waals surface area contributed by atoms with Crippen molar-refractivity contribution in [3.63, 3.8) is 0 Å². The molecule has 1 unspecified atom stereocenters. The fourth-order valence-corrected chi connectivity index (χ4v) is 5.83. The molecule has 1 heterocycles. The first-order chi connectivity index (χ1) is 17.1. The van der Waals surface area contributed by atoms with Gasteiger partial charge in [-0.1, -0.05) is 109 Å². The number of aliphatic hydroxyl groups is 1. The van der Waals surface area contributed by atoms with E-state index in [1.54, 1.807) is 0 Å². The summed E-state index contributed by atoms with van der Waals surface area (Å²) in [5.41, 5.74) is 5.81. The van der Waals surface area contributed by atoms with E-state index in [2.05, 4.69) is 90.4 Å². The van der Waals surface area contributed by atoms with E-state index in [4.69, 9.17) is 4.98 Å². The quantitative estimate of drug-likeness (QED) is 0.319. The third kappa shape index (κ3) is 3.27. The molecule has 6 rings (SSSR count). The minimum atomic E-state index is -1.09. The van der Waals surface area contributed by atoms with Gasteiger partial charge in [0.25, 0.3) is 0 Å². The van der Waals surface area contributed by atoms with Crippen LogP contribution in [0.3, 0.4) is 0 Å². The Hall–Kier alpha value is -3.95. The number of imidazole rings is 1. The summed E-state index contributed by atoms with van der Waals surface area (Å²) in [6.45, 7) is 2.12. The number of rotatable bonds is 5. The molecule has 1 atom stereocenters. The van der Waals surface area contributed by atoms with Crippen LogP contribution in [-0.4, -0.2) is 14.7 Å². The lowest BCUT2D eigenvalue weighted by atomic mass is 9.76. The van der Waals surface area contributed by atoms with Gasteiger partial charge in [-0.2, -0.15) is 0 Å². The van der Waals surface area contributed by atoms with Gasteiger partial charge in [-0.05, 0) is 53.1 Å². The lowest BCUT2D eigenvalue weighted by molar-refractivity contribution is 0.0785. The minimum absolute atomic E-state index is 0.638. The van der Waals surface area contributed by atoms with Crippen LogP contribution in [-0.2, 0) is 17.6 Å². The molecule has 1 aliphatic rings. The first-order valence-corrected chi connectivity index (χ1v) is 12.2. The van der Waals surface area contributed by atoms with E-state index in [1.807, 2.05) is 42.9 Å². The van der Waals surface area contributed by atoms with Crippen LogP contribution in [0.1, 0.15) is 45.5 Å². The second kappa shape index (κ2) is 8.37. The van der Waals surface area contributed by atoms with Crippen molar-refractivity contribution in [3.05, 3.63) is 161 Å². The van der Waals surface area contributed by atoms with Gasteiger partial charge in [-0.15, -0.1) is 0 Å². The van der Waals surface area contributed by atoms with Crippen molar-refractivity contribution in [3.8, 4) is 0 Å². The van der Waals surface area contributed by atoms with Gasteiger partial charge in [0.15, 0.2) is 0 Å². The van der Waals surface area contributed by atoms with Crippen molar-refractivity contribution >= 4 is 0 Å². The predicted octanol–water partition coefficient (Wildman–Crippen LogP) is 6.21. The van der Waals surface area contributed by atoms with Gasteiger partial charge in [-0.3, -0.25) is 0 Å². The van der Waals surface area contributed by atoms with Gasteiger partial charge in [0.05, 0.1) is 12.0 Å². The van der Waals surface area contributed by atoms with Crippen LogP contribution in [0.2, 0.25) is 0 Å². The summed E-state index contributed by atoms with van der Waals surface area (Å²) in [5.74, 6) is 0. The molecule has 0 aliphatic heterocycles. The van der Waals surface area contributed by atoms with E-state index in [0.29, 0.717) is 12.1 Å². The highest BCUT2D eigenvalue weighted by atomic mass is 16.3. The molecule has 172 valence electrons. The third-order valence-corrected chi connectivity index (χ3v) is 7.56. The summed E-state index contributed by atoms with van der Waals surface area (Å²) < 4.78 is 2.17. The third-order valence-electron chi connectivity index (χ3n) is 7.56. The Morgan fingerprint density at radius 1 is 0.743 bits per heavy atom. The van der Waals surface area contributed by atoms with Gasteiger partial charge in [0.1, 0.15) is 11.1 Å². The zero-order chi connectivity index (χ0) is 23.9. The normalized spacial score (nSPS) is 17.3. The molecule has 0 saturated heterocycles. The van der Waals surface area contributed by atoms with E-state index < -0.39 is 11.1 Å². The smallest absolute Gasteiger partial charge is 0.134 e. The van der Waals surface area contributed by atoms with Crippen LogP contribution < -0.4 is 0 Å². The Labute approximate surface area is 206 Å². The maximum Gasteiger partial charge on any atom is 0.134 e. The average Bonchev–Trinajstić information content (AvgIpc) is 3.54. The Kier molecular flexibility index (Phi) is 5.16. The molecular weight excluding hydrogens is 428 g/mol. The van der Waals surface area contributed by atoms with Crippen molar-refractivity contribution in [2.45, 2.75) is 30.9 Å². The molecule has 35 heavy (non-hydrogen) atoms. The molecule has 3 nitrogen and oxygen atoms in total. The Morgan fingerprint density at radius 2 is 1.29 bits per heavy atom. The highest BCUT2D eigenvalue weighted by Gasteiger charge is 2.43. The van der Waals surface area contributed by atoms with Crippen LogP contribution in [0.15, 0.2) is 122 Å². The number of aromatic nitrogens is 2. The van der Waals surface area contributed by atoms with E-state index >= 15 is 0 Å². The maximum absolute atomic E-state index is 12.0. The summed E-state index contributed by atoms with van der Waals surface area (Å²) in [4.78, 5) is 4.85. The second-order valence-corrected chi connectivity index (χ2v) is 9.44. The number of nitrogens with zero attached hydrogens (tertiary/aromatic N) is 2. The van der Waals surface area contributed by atoms with Crippen LogP contribution in [0.5, 0.6) is 0 Å². The van der Waals surface area contributed by atoms with Crippen molar-refractivity contribution in [2.24, 2.45) is 0 Å². The summed E-state index contributed by atoms with van der Waals surface area (Å²) in [7, 11) is 0. The molecule has 0 spiro atoms. The monoisotopic (exact) mass is 456 g/mol. The molecule has 3 heteroatoms. The first-order valence-electron chi connectivity index (χ1n) is 12.2. The summed E-state index contributed by atoms with van der Waals surface area (Å²) in [6.07, 6.45) is 5.42. The van der Waals surface area contributed by atoms with E-state index in [-0.39, 0.29) is 0 Å². The van der Waals surface area contributed by atoms with Gasteiger partial charge in [-0.25, -0.2) is 4.98 Å². The zero-order valence-electron chi connectivity index (χ0n) is 19.8. The molecule has 0 radical (unpaired) electrons. The van der Waals surface area contributed by atoms with Crippen molar-refractivity contribution in [2.75, 3.05) is 0 Å².